The molecule has 0 amide bonds. The van der Waals surface area contributed by atoms with Crippen molar-refractivity contribution in [3.8, 4) is 5.75 Å². The molecule has 6 aliphatic rings. The summed E-state index contributed by atoms with van der Waals surface area (Å²) in [7, 11) is 1.38. The fourth-order valence-electron chi connectivity index (χ4n) is 12.5. The Morgan fingerprint density at radius 1 is 0.986 bits per heavy atom. The van der Waals surface area contributed by atoms with Gasteiger partial charge in [-0.3, -0.25) is 28.9 Å². The number of pyridine rings is 1. The number of carbonyl (C=O) groups is 5. The minimum Gasteiger partial charge on any atom is -0.492 e. The first kappa shape index (κ1) is 48.1. The van der Waals surface area contributed by atoms with Crippen molar-refractivity contribution < 1.29 is 66.4 Å². The number of hydrogen-bond donors (Lipinski definition) is 2. The third-order valence-electron chi connectivity index (χ3n) is 16.2. The number of methoxy groups -OCH3 is 1. The summed E-state index contributed by atoms with van der Waals surface area (Å²) in [5.74, 6) is -4.59. The monoisotopic (exact) mass is 959 g/mol. The smallest absolute Gasteiger partial charge is 0.492 e. The van der Waals surface area contributed by atoms with Gasteiger partial charge in [-0.2, -0.15) is 0 Å². The number of hydrogen-bond acceptors (Lipinski definition) is 17. The highest BCUT2D eigenvalue weighted by molar-refractivity contribution is 6.01. The van der Waals surface area contributed by atoms with Crippen LogP contribution in [0.2, 0.25) is 0 Å². The minimum atomic E-state index is -1.86. The van der Waals surface area contributed by atoms with Gasteiger partial charge in [0.25, 0.3) is 0 Å². The summed E-state index contributed by atoms with van der Waals surface area (Å²) in [6.07, 6.45) is 8.26. The number of aliphatic hydroxyl groups is 2. The van der Waals surface area contributed by atoms with Crippen molar-refractivity contribution >= 4 is 46.1 Å². The molecule has 8 atom stereocenters. The van der Waals surface area contributed by atoms with Gasteiger partial charge in [0.15, 0.2) is 29.7 Å². The molecule has 3 aromatic rings. The zero-order valence-corrected chi connectivity index (χ0v) is 39.4. The molecule has 0 radical (unpaired) electrons. The van der Waals surface area contributed by atoms with Gasteiger partial charge >= 0.3 is 23.7 Å². The molecule has 5 fully saturated rings. The molecule has 2 aromatic heterocycles. The van der Waals surface area contributed by atoms with Crippen molar-refractivity contribution in [3.05, 3.63) is 79.8 Å². The number of benzene rings is 1. The Bertz CT molecular complexity index is 2810. The highest BCUT2D eigenvalue weighted by atomic mass is 19.1. The van der Waals surface area contributed by atoms with Gasteiger partial charge in [0.05, 0.1) is 43.5 Å². The second kappa shape index (κ2) is 18.1. The third-order valence-corrected chi connectivity index (χ3v) is 16.2. The minimum absolute atomic E-state index is 0.00733. The quantitative estimate of drug-likeness (QED) is 0.166. The van der Waals surface area contributed by atoms with Crippen LogP contribution in [0.25, 0.3) is 10.9 Å². The second-order valence-corrected chi connectivity index (χ2v) is 20.1. The van der Waals surface area contributed by atoms with E-state index in [-0.39, 0.29) is 65.3 Å². The number of allylic oxidation sites excluding steroid dienone is 4. The van der Waals surface area contributed by atoms with Crippen LogP contribution in [0.1, 0.15) is 106 Å². The van der Waals surface area contributed by atoms with E-state index in [1.807, 2.05) is 31.7 Å². The largest absolute Gasteiger partial charge is 0.519 e. The van der Waals surface area contributed by atoms with Crippen molar-refractivity contribution in [2.24, 2.45) is 28.6 Å². The number of aryl methyl sites for hydroxylation is 1. The molecule has 0 bridgehead atoms. The summed E-state index contributed by atoms with van der Waals surface area (Å²) in [6.45, 7) is 7.39. The standard InChI is InChI=1S/C50H58FN3O15/c1-26-21-53(17-16-52(26)23-37-27(2)68-47(62)69-37)43-35(51)19-32-42(45(43)64-5)54(29-7-8-29)22-33(44(32)60)46(61)67-25-66-40(59)11-10-39(58)65-24-38(57)50(63)15-13-34-31-9-6-28-18-30(55)12-14-48(28,3)41(31)36(56)20-49(34,50)4/h12,14,18-19,22,26,29,31,34,36,41,56,63H,6-11,13,15-17,20-21,23-25H2,1-5H3/t26?,31-,34-,36-,41?,48-,49-,50-/m1/s1. The van der Waals surface area contributed by atoms with E-state index in [4.69, 9.17) is 27.8 Å². The zero-order chi connectivity index (χ0) is 49.3. The number of Topliss-reactive ketones (excluding diaryl/α,β-unsaturated/α-hetero) is 1. The van der Waals surface area contributed by atoms with Gasteiger partial charge in [-0.1, -0.05) is 25.5 Å². The second-order valence-electron chi connectivity index (χ2n) is 20.1. The van der Waals surface area contributed by atoms with Gasteiger partial charge in [0.1, 0.15) is 22.6 Å². The SMILES string of the molecule is COc1c(N2CCN(Cc3oc(=O)oc3C)C(C)C2)c(F)cc2c(=O)c(C(=O)OCOC(=O)CCC(=O)OCC(=O)[C@]3(O)CC[C@@H]4[C@H]5CCC6=CC(=O)C=C[C@@]6(C)C5[C@H](O)C[C@]43C)cn(C3CC3)c12. The van der Waals surface area contributed by atoms with E-state index in [2.05, 4.69) is 4.90 Å². The van der Waals surface area contributed by atoms with Crippen LogP contribution in [0.15, 0.2) is 54.5 Å². The lowest BCUT2D eigenvalue weighted by molar-refractivity contribution is -0.181. The van der Waals surface area contributed by atoms with Gasteiger partial charge in [-0.15, -0.1) is 0 Å². The molecule has 19 heteroatoms. The fraction of sp³-hybridized carbons (Fsp3) is 0.580. The van der Waals surface area contributed by atoms with Gasteiger partial charge < -0.3 is 47.5 Å². The molecule has 1 saturated heterocycles. The third kappa shape index (κ3) is 8.43. The predicted octanol–water partition coefficient (Wildman–Crippen LogP) is 4.61. The number of ketones is 2. The van der Waals surface area contributed by atoms with Crippen LogP contribution in [0.5, 0.6) is 5.75 Å². The van der Waals surface area contributed by atoms with Crippen LogP contribution >= 0.6 is 0 Å². The molecule has 4 saturated carbocycles. The van der Waals surface area contributed by atoms with E-state index in [0.717, 1.165) is 24.5 Å². The van der Waals surface area contributed by atoms with Crippen LogP contribution in [0, 0.1) is 41.3 Å². The molecule has 3 heterocycles. The summed E-state index contributed by atoms with van der Waals surface area (Å²) in [4.78, 5) is 93.9. The molecule has 1 aromatic carbocycles. The Morgan fingerprint density at radius 3 is 2.41 bits per heavy atom. The first-order valence-electron chi connectivity index (χ1n) is 23.7. The van der Waals surface area contributed by atoms with Crippen LogP contribution in [0.4, 0.5) is 10.1 Å². The average Bonchev–Trinajstić information content (AvgIpc) is 4.05. The summed E-state index contributed by atoms with van der Waals surface area (Å²) in [5.41, 5.74) is -3.13. The van der Waals surface area contributed by atoms with Crippen molar-refractivity contribution in [1.29, 1.82) is 0 Å². The fourth-order valence-corrected chi connectivity index (χ4v) is 12.5. The Labute approximate surface area is 396 Å². The maximum atomic E-state index is 16.2. The molecule has 5 aliphatic carbocycles. The number of aromatic nitrogens is 1. The van der Waals surface area contributed by atoms with Crippen molar-refractivity contribution in [2.45, 2.75) is 116 Å². The van der Waals surface area contributed by atoms with E-state index in [1.165, 1.54) is 13.3 Å². The number of anilines is 1. The lowest BCUT2D eigenvalue weighted by Crippen LogP contribution is -2.61. The number of esters is 3. The van der Waals surface area contributed by atoms with E-state index in [1.54, 1.807) is 23.6 Å². The Hall–Kier alpha value is -5.92. The molecule has 2 unspecified atom stereocenters. The number of carbonyl (C=O) groups excluding carboxylic acids is 5. The summed E-state index contributed by atoms with van der Waals surface area (Å²) < 4.78 is 49.4. The summed E-state index contributed by atoms with van der Waals surface area (Å²) >= 11 is 0. The molecule has 9 rings (SSSR count). The predicted molar refractivity (Wildman–Crippen MR) is 242 cm³/mol. The maximum Gasteiger partial charge on any atom is 0.519 e. The first-order valence-corrected chi connectivity index (χ1v) is 23.7. The highest BCUT2D eigenvalue weighted by Gasteiger charge is 2.68. The van der Waals surface area contributed by atoms with E-state index in [0.29, 0.717) is 62.5 Å². The van der Waals surface area contributed by atoms with Crippen LogP contribution in [-0.2, 0) is 39.9 Å². The molecule has 370 valence electrons. The van der Waals surface area contributed by atoms with Gasteiger partial charge in [0, 0.05) is 54.7 Å². The van der Waals surface area contributed by atoms with Crippen molar-refractivity contribution in [3.63, 3.8) is 0 Å². The topological polar surface area (TPSA) is 235 Å². The number of halogens is 1. The van der Waals surface area contributed by atoms with Crippen molar-refractivity contribution in [1.82, 2.24) is 9.47 Å². The molecule has 18 nitrogen and oxygen atoms in total. The van der Waals surface area contributed by atoms with Gasteiger partial charge in [-0.25, -0.2) is 14.0 Å². The number of aliphatic hydroxyl groups excluding tert-OH is 1. The lowest BCUT2D eigenvalue weighted by atomic mass is 9.46. The summed E-state index contributed by atoms with van der Waals surface area (Å²) in [6, 6.07) is 0.852. The average molecular weight is 960 g/mol. The van der Waals surface area contributed by atoms with E-state index in [9.17, 15) is 43.8 Å². The highest BCUT2D eigenvalue weighted by Crippen LogP contribution is 2.67. The van der Waals surface area contributed by atoms with Crippen molar-refractivity contribution in [2.75, 3.05) is 45.0 Å². The number of nitrogens with zero attached hydrogens (tertiary/aromatic N) is 3. The Balaban J connectivity index is 0.785. The molecular weight excluding hydrogens is 902 g/mol. The first-order chi connectivity index (χ1) is 32.8. The molecule has 69 heavy (non-hydrogen) atoms. The maximum absolute atomic E-state index is 16.2. The summed E-state index contributed by atoms with van der Waals surface area (Å²) in [5, 5.41) is 23.5. The molecule has 2 N–H and O–H groups in total. The number of rotatable bonds is 14. The Kier molecular flexibility index (Phi) is 12.6. The van der Waals surface area contributed by atoms with E-state index < -0.39 is 95.1 Å². The van der Waals surface area contributed by atoms with Crippen LogP contribution in [-0.4, -0.2) is 107 Å². The van der Waals surface area contributed by atoms with Crippen LogP contribution < -0.4 is 20.9 Å². The number of fused-ring (bicyclic) bond motifs is 6. The normalized spacial score (nSPS) is 29.7. The van der Waals surface area contributed by atoms with E-state index >= 15 is 4.39 Å². The number of ether oxygens (including phenoxy) is 4. The van der Waals surface area contributed by atoms with Crippen LogP contribution in [0.3, 0.4) is 0 Å². The lowest BCUT2D eigenvalue weighted by Gasteiger charge is -2.59. The molecule has 1 aliphatic heterocycles. The number of piperazine rings is 1. The Morgan fingerprint density at radius 2 is 1.72 bits per heavy atom. The zero-order valence-electron chi connectivity index (χ0n) is 39.4. The molecule has 0 spiro atoms. The van der Waals surface area contributed by atoms with Gasteiger partial charge in [0.2, 0.25) is 18.0 Å². The molecular formula is C50H58FN3O15. The van der Waals surface area contributed by atoms with Gasteiger partial charge in [-0.05, 0) is 88.8 Å².